The highest BCUT2D eigenvalue weighted by molar-refractivity contribution is 5.93. The third-order valence-electron chi connectivity index (χ3n) is 3.30. The second-order valence-electron chi connectivity index (χ2n) is 4.65. The van der Waals surface area contributed by atoms with Crippen molar-refractivity contribution in [3.05, 3.63) is 17.5 Å². The monoisotopic (exact) mass is 236 g/mol. The molecule has 1 saturated heterocycles. The van der Waals surface area contributed by atoms with Crippen molar-refractivity contribution in [2.45, 2.75) is 25.8 Å². The zero-order valence-electron chi connectivity index (χ0n) is 10.7. The molecule has 1 aliphatic heterocycles. The van der Waals surface area contributed by atoms with E-state index in [1.807, 2.05) is 32.0 Å². The predicted molar refractivity (Wildman–Crippen MR) is 65.9 cm³/mol. The van der Waals surface area contributed by atoms with Crippen LogP contribution in [0.15, 0.2) is 6.07 Å². The summed E-state index contributed by atoms with van der Waals surface area (Å²) in [5.74, 6) is 0.103. The molecular weight excluding hydrogens is 216 g/mol. The first kappa shape index (κ1) is 12.1. The molecule has 0 aromatic carbocycles. The van der Waals surface area contributed by atoms with Crippen LogP contribution in [0.25, 0.3) is 0 Å². The molecule has 0 radical (unpaired) electrons. The highest BCUT2D eigenvalue weighted by Gasteiger charge is 2.30. The van der Waals surface area contributed by atoms with Crippen molar-refractivity contribution in [2.75, 3.05) is 20.1 Å². The zero-order chi connectivity index (χ0) is 12.4. The average molecular weight is 236 g/mol. The van der Waals surface area contributed by atoms with Crippen molar-refractivity contribution in [2.24, 2.45) is 7.05 Å². The molecule has 1 atom stereocenters. The molecule has 5 heteroatoms. The smallest absolute Gasteiger partial charge is 0.272 e. The van der Waals surface area contributed by atoms with E-state index in [4.69, 9.17) is 0 Å². The summed E-state index contributed by atoms with van der Waals surface area (Å²) in [6, 6.07) is 2.18. The molecule has 1 aliphatic rings. The number of nitrogens with one attached hydrogen (secondary N) is 1. The van der Waals surface area contributed by atoms with Gasteiger partial charge in [-0.15, -0.1) is 0 Å². The molecule has 5 nitrogen and oxygen atoms in total. The first-order valence-corrected chi connectivity index (χ1v) is 6.09. The Morgan fingerprint density at radius 2 is 2.41 bits per heavy atom. The van der Waals surface area contributed by atoms with Crippen LogP contribution in [-0.2, 0) is 7.05 Å². The molecule has 1 aromatic heterocycles. The lowest BCUT2D eigenvalue weighted by Gasteiger charge is -2.24. The number of aromatic nitrogens is 2. The number of nitrogens with zero attached hydrogens (tertiary/aromatic N) is 3. The van der Waals surface area contributed by atoms with Gasteiger partial charge in [-0.1, -0.05) is 0 Å². The minimum absolute atomic E-state index is 0.103. The summed E-state index contributed by atoms with van der Waals surface area (Å²) in [7, 11) is 3.75. The van der Waals surface area contributed by atoms with Crippen molar-refractivity contribution >= 4 is 5.91 Å². The largest absolute Gasteiger partial charge is 0.333 e. The van der Waals surface area contributed by atoms with Crippen molar-refractivity contribution in [3.8, 4) is 0 Å². The van der Waals surface area contributed by atoms with Crippen molar-refractivity contribution < 1.29 is 4.79 Å². The minimum atomic E-state index is 0.103. The van der Waals surface area contributed by atoms with Crippen LogP contribution in [-0.4, -0.2) is 46.8 Å². The Hall–Kier alpha value is -1.36. The molecule has 17 heavy (non-hydrogen) atoms. The molecule has 0 aliphatic carbocycles. The van der Waals surface area contributed by atoms with Gasteiger partial charge in [-0.05, 0) is 32.9 Å². The summed E-state index contributed by atoms with van der Waals surface area (Å²) in [5.41, 5.74) is 1.57. The molecule has 1 N–H and O–H groups in total. The number of aryl methyl sites for hydroxylation is 2. The van der Waals surface area contributed by atoms with E-state index in [-0.39, 0.29) is 5.91 Å². The number of rotatable bonds is 3. The lowest BCUT2D eigenvalue weighted by Crippen LogP contribution is -2.41. The van der Waals surface area contributed by atoms with Crippen LogP contribution < -0.4 is 5.32 Å². The number of carbonyl (C=O) groups is 1. The fourth-order valence-corrected chi connectivity index (χ4v) is 2.51. The summed E-state index contributed by atoms with van der Waals surface area (Å²) >= 11 is 0. The van der Waals surface area contributed by atoms with Crippen LogP contribution in [0.5, 0.6) is 0 Å². The number of likely N-dealkylation sites (tertiary alicyclic amines) is 1. The lowest BCUT2D eigenvalue weighted by atomic mass is 10.2. The quantitative estimate of drug-likeness (QED) is 0.834. The Balaban J connectivity index is 2.16. The lowest BCUT2D eigenvalue weighted by molar-refractivity contribution is 0.0726. The van der Waals surface area contributed by atoms with Crippen LogP contribution in [0.4, 0.5) is 0 Å². The van der Waals surface area contributed by atoms with E-state index in [0.29, 0.717) is 11.7 Å². The standard InChI is InChI=1S/C12H20N4O/c1-9-7-11(15(3)14-9)12(17)16-6-4-5-10(16)8-13-2/h7,10,13H,4-6,8H2,1-3H3. The number of hydrogen-bond donors (Lipinski definition) is 1. The highest BCUT2D eigenvalue weighted by Crippen LogP contribution is 2.19. The van der Waals surface area contributed by atoms with E-state index < -0.39 is 0 Å². The molecule has 1 aromatic rings. The van der Waals surface area contributed by atoms with E-state index in [1.54, 1.807) is 4.68 Å². The van der Waals surface area contributed by atoms with Gasteiger partial charge in [0.05, 0.1) is 5.69 Å². The van der Waals surface area contributed by atoms with Crippen LogP contribution in [0, 0.1) is 6.92 Å². The molecular formula is C12H20N4O. The van der Waals surface area contributed by atoms with Crippen LogP contribution >= 0.6 is 0 Å². The van der Waals surface area contributed by atoms with Gasteiger partial charge in [0.2, 0.25) is 0 Å². The number of hydrogen-bond acceptors (Lipinski definition) is 3. The molecule has 2 rings (SSSR count). The van der Waals surface area contributed by atoms with Gasteiger partial charge in [0, 0.05) is 26.2 Å². The second kappa shape index (κ2) is 4.87. The molecule has 94 valence electrons. The van der Waals surface area contributed by atoms with E-state index in [0.717, 1.165) is 31.6 Å². The highest BCUT2D eigenvalue weighted by atomic mass is 16.2. The Labute approximate surface area is 102 Å². The molecule has 0 spiro atoms. The summed E-state index contributed by atoms with van der Waals surface area (Å²) in [6.07, 6.45) is 2.18. The van der Waals surface area contributed by atoms with Gasteiger partial charge in [-0.2, -0.15) is 5.10 Å². The van der Waals surface area contributed by atoms with Gasteiger partial charge in [-0.25, -0.2) is 0 Å². The summed E-state index contributed by atoms with van der Waals surface area (Å²) in [4.78, 5) is 14.4. The average Bonchev–Trinajstić information content (AvgIpc) is 2.85. The van der Waals surface area contributed by atoms with E-state index in [1.165, 1.54) is 0 Å². The van der Waals surface area contributed by atoms with Gasteiger partial charge in [-0.3, -0.25) is 9.48 Å². The first-order valence-electron chi connectivity index (χ1n) is 6.09. The third kappa shape index (κ3) is 2.34. The maximum Gasteiger partial charge on any atom is 0.272 e. The minimum Gasteiger partial charge on any atom is -0.333 e. The van der Waals surface area contributed by atoms with Gasteiger partial charge >= 0.3 is 0 Å². The Morgan fingerprint density at radius 3 is 3.00 bits per heavy atom. The zero-order valence-corrected chi connectivity index (χ0v) is 10.7. The number of likely N-dealkylation sites (N-methyl/N-ethyl adjacent to an activating group) is 1. The number of carbonyl (C=O) groups excluding carboxylic acids is 1. The van der Waals surface area contributed by atoms with Gasteiger partial charge < -0.3 is 10.2 Å². The van der Waals surface area contributed by atoms with Gasteiger partial charge in [0.1, 0.15) is 5.69 Å². The molecule has 0 bridgehead atoms. The molecule has 0 saturated carbocycles. The molecule has 1 unspecified atom stereocenters. The van der Waals surface area contributed by atoms with Gasteiger partial charge in [0.25, 0.3) is 5.91 Å². The maximum atomic E-state index is 12.4. The Bertz CT molecular complexity index is 413. The fourth-order valence-electron chi connectivity index (χ4n) is 2.51. The summed E-state index contributed by atoms with van der Waals surface area (Å²) in [6.45, 7) is 3.63. The van der Waals surface area contributed by atoms with Gasteiger partial charge in [0.15, 0.2) is 0 Å². The van der Waals surface area contributed by atoms with E-state index in [2.05, 4.69) is 10.4 Å². The van der Waals surface area contributed by atoms with Crippen molar-refractivity contribution in [3.63, 3.8) is 0 Å². The van der Waals surface area contributed by atoms with E-state index >= 15 is 0 Å². The second-order valence-corrected chi connectivity index (χ2v) is 4.65. The molecule has 1 amide bonds. The third-order valence-corrected chi connectivity index (χ3v) is 3.30. The maximum absolute atomic E-state index is 12.4. The van der Waals surface area contributed by atoms with Crippen molar-refractivity contribution in [1.82, 2.24) is 20.0 Å². The predicted octanol–water partition coefficient (Wildman–Crippen LogP) is 0.553. The van der Waals surface area contributed by atoms with Crippen molar-refractivity contribution in [1.29, 1.82) is 0 Å². The van der Waals surface area contributed by atoms with Crippen LogP contribution in [0.3, 0.4) is 0 Å². The first-order chi connectivity index (χ1) is 8.13. The Kier molecular flexibility index (Phi) is 3.47. The SMILES string of the molecule is CNCC1CCCN1C(=O)c1cc(C)nn1C. The van der Waals surface area contributed by atoms with E-state index in [9.17, 15) is 4.79 Å². The summed E-state index contributed by atoms with van der Waals surface area (Å²) in [5, 5.41) is 7.38. The van der Waals surface area contributed by atoms with Crippen LogP contribution in [0.1, 0.15) is 29.0 Å². The Morgan fingerprint density at radius 1 is 1.65 bits per heavy atom. The summed E-state index contributed by atoms with van der Waals surface area (Å²) < 4.78 is 1.67. The van der Waals surface area contributed by atoms with Crippen LogP contribution in [0.2, 0.25) is 0 Å². The normalized spacial score (nSPS) is 19.9. The fraction of sp³-hybridized carbons (Fsp3) is 0.667. The molecule has 1 fully saturated rings. The topological polar surface area (TPSA) is 50.2 Å². The molecule has 2 heterocycles. The number of amides is 1.